The van der Waals surface area contributed by atoms with Crippen LogP contribution in [-0.4, -0.2) is 59.5 Å². The molecule has 3 heterocycles. The van der Waals surface area contributed by atoms with E-state index in [1.807, 2.05) is 12.1 Å². The van der Waals surface area contributed by atoms with Crippen LogP contribution in [-0.2, 0) is 14.3 Å². The summed E-state index contributed by atoms with van der Waals surface area (Å²) in [5.74, 6) is -2.74. The number of aromatic nitrogens is 1. The highest BCUT2D eigenvalue weighted by Crippen LogP contribution is 2.32. The van der Waals surface area contributed by atoms with Gasteiger partial charge in [0.05, 0.1) is 5.69 Å². The molecule has 2 unspecified atom stereocenters. The number of carbonyl (C=O) groups excluding carboxylic acids is 2. The minimum absolute atomic E-state index is 0.271. The molecular weight excluding hydrogens is 377 g/mol. The molecule has 0 spiro atoms. The first kappa shape index (κ1) is 18.5. The number of piperazine rings is 1. The van der Waals surface area contributed by atoms with Crippen LogP contribution in [0.4, 0.5) is 18.9 Å². The van der Waals surface area contributed by atoms with Crippen molar-refractivity contribution < 1.29 is 27.5 Å². The molecule has 2 fully saturated rings. The summed E-state index contributed by atoms with van der Waals surface area (Å²) in [5, 5.41) is 3.04. The largest absolute Gasteiger partial charge is 0.491 e. The summed E-state index contributed by atoms with van der Waals surface area (Å²) in [6.07, 6.45) is -2.99. The van der Waals surface area contributed by atoms with E-state index in [0.717, 1.165) is 10.6 Å². The predicted molar refractivity (Wildman–Crippen MR) is 92.6 cm³/mol. The first-order valence-electron chi connectivity index (χ1n) is 8.67. The number of nitrogens with zero attached hydrogens (tertiary/aromatic N) is 3. The van der Waals surface area contributed by atoms with E-state index in [4.69, 9.17) is 4.74 Å². The molecule has 0 saturated carbocycles. The van der Waals surface area contributed by atoms with Gasteiger partial charge in [-0.05, 0) is 30.3 Å². The lowest BCUT2D eigenvalue weighted by Crippen LogP contribution is -2.54. The van der Waals surface area contributed by atoms with Gasteiger partial charge in [-0.3, -0.25) is 9.69 Å². The van der Waals surface area contributed by atoms with Gasteiger partial charge >= 0.3 is 12.1 Å². The van der Waals surface area contributed by atoms with E-state index in [2.05, 4.69) is 5.32 Å². The van der Waals surface area contributed by atoms with Crippen molar-refractivity contribution in [3.8, 4) is 5.69 Å². The van der Waals surface area contributed by atoms with E-state index in [1.54, 1.807) is 41.2 Å². The first-order valence-corrected chi connectivity index (χ1v) is 8.67. The maximum Gasteiger partial charge on any atom is 0.491 e. The van der Waals surface area contributed by atoms with Crippen LogP contribution in [0.2, 0.25) is 0 Å². The minimum Gasteiger partial charge on any atom is -0.420 e. The van der Waals surface area contributed by atoms with Crippen LogP contribution in [0.3, 0.4) is 0 Å². The predicted octanol–water partition coefficient (Wildman–Crippen LogP) is 1.49. The number of halogens is 3. The quantitative estimate of drug-likeness (QED) is 0.799. The third kappa shape index (κ3) is 3.25. The molecule has 7 nitrogen and oxygen atoms in total. The van der Waals surface area contributed by atoms with Gasteiger partial charge in [0.1, 0.15) is 6.04 Å². The van der Waals surface area contributed by atoms with Gasteiger partial charge in [-0.15, -0.1) is 0 Å². The van der Waals surface area contributed by atoms with Crippen molar-refractivity contribution in [1.29, 1.82) is 0 Å². The van der Waals surface area contributed by atoms with Crippen LogP contribution >= 0.6 is 0 Å². The second-order valence-electron chi connectivity index (χ2n) is 6.51. The highest BCUT2D eigenvalue weighted by molar-refractivity contribution is 6.00. The number of nitrogens with one attached hydrogen (secondary N) is 1. The molecule has 148 valence electrons. The smallest absolute Gasteiger partial charge is 0.420 e. The van der Waals surface area contributed by atoms with Crippen LogP contribution in [0.1, 0.15) is 0 Å². The van der Waals surface area contributed by atoms with E-state index in [-0.39, 0.29) is 13.1 Å². The molecule has 10 heteroatoms. The SMILES string of the molecule is O=C1C2CNCCN2C(OC(=O)C(F)(F)F)N1c1cccc(-n2cccc2)c1. The number of alkyl halides is 3. The lowest BCUT2D eigenvalue weighted by Gasteiger charge is -2.33. The summed E-state index contributed by atoms with van der Waals surface area (Å²) in [6.45, 7) is 1.02. The van der Waals surface area contributed by atoms with Crippen LogP contribution in [0.15, 0.2) is 48.8 Å². The Bertz CT molecular complexity index is 884. The fourth-order valence-corrected chi connectivity index (χ4v) is 3.48. The van der Waals surface area contributed by atoms with Crippen molar-refractivity contribution in [3.63, 3.8) is 0 Å². The number of fused-ring (bicyclic) bond motifs is 1. The Balaban J connectivity index is 1.71. The molecule has 1 amide bonds. The van der Waals surface area contributed by atoms with E-state index < -0.39 is 30.4 Å². The molecule has 2 saturated heterocycles. The third-order valence-corrected chi connectivity index (χ3v) is 4.77. The van der Waals surface area contributed by atoms with E-state index in [9.17, 15) is 22.8 Å². The number of anilines is 1. The van der Waals surface area contributed by atoms with Gasteiger partial charge in [-0.2, -0.15) is 13.2 Å². The standard InChI is InChI=1S/C18H17F3N4O3/c19-18(20,21)16(27)28-17-24-9-6-22-11-14(24)15(26)25(17)13-5-3-4-12(10-13)23-7-1-2-8-23/h1-5,7-8,10,14,17,22H,6,9,11H2. The van der Waals surface area contributed by atoms with Crippen molar-refractivity contribution in [2.75, 3.05) is 24.5 Å². The number of esters is 1. The zero-order valence-corrected chi connectivity index (χ0v) is 14.6. The Labute approximate surface area is 158 Å². The lowest BCUT2D eigenvalue weighted by molar-refractivity contribution is -0.211. The van der Waals surface area contributed by atoms with E-state index in [1.165, 1.54) is 4.90 Å². The van der Waals surface area contributed by atoms with E-state index >= 15 is 0 Å². The Morgan fingerprint density at radius 2 is 1.86 bits per heavy atom. The highest BCUT2D eigenvalue weighted by atomic mass is 19.4. The van der Waals surface area contributed by atoms with Gasteiger partial charge < -0.3 is 14.6 Å². The van der Waals surface area contributed by atoms with Gasteiger partial charge in [0, 0.05) is 37.7 Å². The monoisotopic (exact) mass is 394 g/mol. The molecule has 28 heavy (non-hydrogen) atoms. The Morgan fingerprint density at radius 1 is 1.14 bits per heavy atom. The van der Waals surface area contributed by atoms with Gasteiger partial charge in [0.2, 0.25) is 12.3 Å². The number of benzene rings is 1. The number of hydrogen-bond donors (Lipinski definition) is 1. The molecule has 0 radical (unpaired) electrons. The number of amides is 1. The summed E-state index contributed by atoms with van der Waals surface area (Å²) in [6, 6.07) is 9.71. The molecule has 2 aliphatic rings. The fourth-order valence-electron chi connectivity index (χ4n) is 3.48. The minimum atomic E-state index is -5.15. The molecule has 2 aliphatic heterocycles. The molecule has 2 aromatic rings. The number of ether oxygens (including phenoxy) is 1. The Kier molecular flexibility index (Phi) is 4.60. The molecule has 4 rings (SSSR count). The zero-order chi connectivity index (χ0) is 19.9. The van der Waals surface area contributed by atoms with Gasteiger partial charge in [0.15, 0.2) is 0 Å². The van der Waals surface area contributed by atoms with E-state index in [0.29, 0.717) is 12.2 Å². The fraction of sp³-hybridized carbons (Fsp3) is 0.333. The molecule has 0 bridgehead atoms. The molecule has 1 N–H and O–H groups in total. The third-order valence-electron chi connectivity index (χ3n) is 4.77. The molecule has 0 aliphatic carbocycles. The molecule has 1 aromatic carbocycles. The average molecular weight is 394 g/mol. The second-order valence-corrected chi connectivity index (χ2v) is 6.51. The topological polar surface area (TPSA) is 66.8 Å². The summed E-state index contributed by atoms with van der Waals surface area (Å²) in [5.41, 5.74) is 1.07. The molecule has 1 aromatic heterocycles. The van der Waals surface area contributed by atoms with Crippen LogP contribution in [0.5, 0.6) is 0 Å². The summed E-state index contributed by atoms with van der Waals surface area (Å²) in [7, 11) is 0. The van der Waals surface area contributed by atoms with Gasteiger partial charge in [-0.1, -0.05) is 6.07 Å². The van der Waals surface area contributed by atoms with Crippen molar-refractivity contribution >= 4 is 17.6 Å². The normalized spacial score (nSPS) is 23.0. The number of carbonyl (C=O) groups is 2. The summed E-state index contributed by atoms with van der Waals surface area (Å²) in [4.78, 5) is 27.0. The van der Waals surface area contributed by atoms with Gasteiger partial charge in [-0.25, -0.2) is 9.69 Å². The van der Waals surface area contributed by atoms with Crippen molar-refractivity contribution in [2.45, 2.75) is 18.6 Å². The van der Waals surface area contributed by atoms with Crippen LogP contribution < -0.4 is 10.2 Å². The van der Waals surface area contributed by atoms with Gasteiger partial charge in [0.25, 0.3) is 0 Å². The second kappa shape index (κ2) is 6.95. The van der Waals surface area contributed by atoms with Crippen LogP contribution in [0, 0.1) is 0 Å². The van der Waals surface area contributed by atoms with Crippen LogP contribution in [0.25, 0.3) is 5.69 Å². The first-order chi connectivity index (χ1) is 13.4. The summed E-state index contributed by atoms with van der Waals surface area (Å²) >= 11 is 0. The van der Waals surface area contributed by atoms with Crippen molar-refractivity contribution in [2.24, 2.45) is 0 Å². The van der Waals surface area contributed by atoms with Crippen molar-refractivity contribution in [1.82, 2.24) is 14.8 Å². The Morgan fingerprint density at radius 3 is 2.57 bits per heavy atom. The highest BCUT2D eigenvalue weighted by Gasteiger charge is 2.52. The molecule has 2 atom stereocenters. The van der Waals surface area contributed by atoms with Crippen molar-refractivity contribution in [3.05, 3.63) is 48.8 Å². The Hall–Kier alpha value is -2.85. The molecular formula is C18H17F3N4O3. The maximum atomic E-state index is 12.9. The number of rotatable bonds is 3. The average Bonchev–Trinajstić information content (AvgIpc) is 3.29. The lowest BCUT2D eigenvalue weighted by atomic mass is 10.2. The zero-order valence-electron chi connectivity index (χ0n) is 14.6. The summed E-state index contributed by atoms with van der Waals surface area (Å²) < 4.78 is 44.9. The maximum absolute atomic E-state index is 12.9. The number of hydrogen-bond acceptors (Lipinski definition) is 5.